The normalized spacial score (nSPS) is 10.6. The second kappa shape index (κ2) is 2.41. The van der Waals surface area contributed by atoms with Crippen molar-refractivity contribution in [1.29, 1.82) is 0 Å². The smallest absolute Gasteiger partial charge is 0.163 e. The molecule has 0 fully saturated rings. The van der Waals surface area contributed by atoms with Gasteiger partial charge in [-0.3, -0.25) is 0 Å². The number of hydrogen-bond acceptors (Lipinski definition) is 1. The maximum atomic E-state index is 5.70. The zero-order valence-corrected chi connectivity index (χ0v) is 7.26. The monoisotopic (exact) mass is 206 g/mol. The highest BCUT2D eigenvalue weighted by molar-refractivity contribution is 9.10. The second-order valence-electron chi connectivity index (χ2n) is 2.29. The van der Waals surface area contributed by atoms with E-state index in [1.807, 2.05) is 24.3 Å². The minimum atomic E-state index is 0.610. The average molecular weight is 207 g/mol. The molecule has 0 aliphatic heterocycles. The predicted octanol–water partition coefficient (Wildman–Crippen LogP) is 1.99. The molecule has 3 heteroatoms. The molecule has 1 nitrogen and oxygen atoms in total. The van der Waals surface area contributed by atoms with Crippen molar-refractivity contribution < 1.29 is 4.42 Å². The van der Waals surface area contributed by atoms with Gasteiger partial charge in [0.1, 0.15) is 13.4 Å². The molecular weight excluding hydrogens is 203 g/mol. The zero-order valence-electron chi connectivity index (χ0n) is 5.67. The van der Waals surface area contributed by atoms with Crippen LogP contribution in [-0.4, -0.2) is 7.85 Å². The van der Waals surface area contributed by atoms with E-state index in [9.17, 15) is 0 Å². The Morgan fingerprint density at radius 1 is 1.27 bits per heavy atom. The minimum Gasteiger partial charge on any atom is -0.450 e. The van der Waals surface area contributed by atoms with E-state index in [-0.39, 0.29) is 0 Å². The summed E-state index contributed by atoms with van der Waals surface area (Å²) in [6, 6.07) is 7.66. The van der Waals surface area contributed by atoms with Crippen LogP contribution in [0.1, 0.15) is 0 Å². The quantitative estimate of drug-likeness (QED) is 0.602. The van der Waals surface area contributed by atoms with Gasteiger partial charge in [0.2, 0.25) is 0 Å². The van der Waals surface area contributed by atoms with Crippen LogP contribution in [0, 0.1) is 0 Å². The zero-order chi connectivity index (χ0) is 7.84. The first-order chi connectivity index (χ1) is 5.29. The number of furan rings is 1. The van der Waals surface area contributed by atoms with Crippen LogP contribution < -0.4 is 5.46 Å². The van der Waals surface area contributed by atoms with Gasteiger partial charge >= 0.3 is 0 Å². The maximum Gasteiger partial charge on any atom is 0.163 e. The van der Waals surface area contributed by atoms with E-state index in [0.717, 1.165) is 11.0 Å². The van der Waals surface area contributed by atoms with Gasteiger partial charge in [-0.1, -0.05) is 18.2 Å². The van der Waals surface area contributed by atoms with Crippen LogP contribution >= 0.6 is 15.9 Å². The number of rotatable bonds is 0. The predicted molar refractivity (Wildman–Crippen MR) is 49.3 cm³/mol. The van der Waals surface area contributed by atoms with Gasteiger partial charge in [0, 0.05) is 5.39 Å². The third-order valence-electron chi connectivity index (χ3n) is 1.59. The lowest BCUT2D eigenvalue weighted by Gasteiger charge is -1.85. The summed E-state index contributed by atoms with van der Waals surface area (Å²) in [5.74, 6) is 0. The highest BCUT2D eigenvalue weighted by atomic mass is 79.9. The van der Waals surface area contributed by atoms with Crippen molar-refractivity contribution in [2.75, 3.05) is 0 Å². The average Bonchev–Trinajstić information content (AvgIpc) is 2.30. The van der Waals surface area contributed by atoms with Crippen LogP contribution in [0.5, 0.6) is 0 Å². The van der Waals surface area contributed by atoms with E-state index in [1.54, 1.807) is 0 Å². The molecule has 0 saturated carbocycles. The Labute approximate surface area is 73.9 Å². The highest BCUT2D eigenvalue weighted by Gasteiger charge is 2.04. The second-order valence-corrected chi connectivity index (χ2v) is 3.01. The van der Waals surface area contributed by atoms with Crippen molar-refractivity contribution in [2.24, 2.45) is 0 Å². The summed E-state index contributed by atoms with van der Waals surface area (Å²) >= 11 is 3.22. The molecule has 0 unspecified atom stereocenters. The molecule has 0 amide bonds. The van der Waals surface area contributed by atoms with E-state index in [0.29, 0.717) is 10.1 Å². The van der Waals surface area contributed by atoms with Gasteiger partial charge in [-0.15, -0.1) is 0 Å². The lowest BCUT2D eigenvalue weighted by molar-refractivity contribution is 0.590. The molecule has 11 heavy (non-hydrogen) atoms. The molecular formula is C8H4BBrO. The Morgan fingerprint density at radius 3 is 2.73 bits per heavy atom. The standard InChI is InChI=1S/C8H4BBrO/c9-7-5-3-1-2-4-6(5)11-8(7)10/h1-4H. The third kappa shape index (κ3) is 0.998. The van der Waals surface area contributed by atoms with E-state index in [1.165, 1.54) is 0 Å². The molecule has 1 aromatic heterocycles. The van der Waals surface area contributed by atoms with Gasteiger partial charge < -0.3 is 4.42 Å². The van der Waals surface area contributed by atoms with E-state index < -0.39 is 0 Å². The van der Waals surface area contributed by atoms with Crippen LogP contribution in [0.4, 0.5) is 0 Å². The third-order valence-corrected chi connectivity index (χ3v) is 2.18. The van der Waals surface area contributed by atoms with Crippen molar-refractivity contribution >= 4 is 40.2 Å². The van der Waals surface area contributed by atoms with Crippen LogP contribution in [0.3, 0.4) is 0 Å². The van der Waals surface area contributed by atoms with Crippen LogP contribution in [0.2, 0.25) is 0 Å². The summed E-state index contributed by atoms with van der Waals surface area (Å²) < 4.78 is 5.90. The van der Waals surface area contributed by atoms with Gasteiger partial charge in [0.15, 0.2) is 4.67 Å². The summed E-state index contributed by atoms with van der Waals surface area (Å²) in [5.41, 5.74) is 1.48. The lowest BCUT2D eigenvalue weighted by Crippen LogP contribution is -1.99. The molecule has 2 rings (SSSR count). The molecule has 0 aliphatic rings. The van der Waals surface area contributed by atoms with E-state index >= 15 is 0 Å². The van der Waals surface area contributed by atoms with Crippen LogP contribution in [-0.2, 0) is 0 Å². The molecule has 1 heterocycles. The summed E-state index contributed by atoms with van der Waals surface area (Å²) in [7, 11) is 5.70. The molecule has 0 N–H and O–H groups in total. The van der Waals surface area contributed by atoms with Gasteiger partial charge in [-0.2, -0.15) is 0 Å². The summed E-state index contributed by atoms with van der Waals surface area (Å²) in [6.45, 7) is 0. The maximum absolute atomic E-state index is 5.70. The summed E-state index contributed by atoms with van der Waals surface area (Å²) in [5, 5.41) is 0.958. The Morgan fingerprint density at radius 2 is 2.00 bits per heavy atom. The molecule has 52 valence electrons. The van der Waals surface area contributed by atoms with Crippen molar-refractivity contribution in [3.63, 3.8) is 0 Å². The number of benzene rings is 1. The fourth-order valence-corrected chi connectivity index (χ4v) is 1.42. The number of hydrogen-bond donors (Lipinski definition) is 0. The Bertz CT molecular complexity index is 394. The van der Waals surface area contributed by atoms with E-state index in [4.69, 9.17) is 12.3 Å². The van der Waals surface area contributed by atoms with Crippen molar-refractivity contribution in [3.8, 4) is 0 Å². The van der Waals surface area contributed by atoms with Crippen molar-refractivity contribution in [1.82, 2.24) is 0 Å². The highest BCUT2D eigenvalue weighted by Crippen LogP contribution is 2.19. The van der Waals surface area contributed by atoms with Crippen molar-refractivity contribution in [2.45, 2.75) is 0 Å². The molecule has 0 atom stereocenters. The van der Waals surface area contributed by atoms with Crippen molar-refractivity contribution in [3.05, 3.63) is 28.9 Å². The summed E-state index contributed by atoms with van der Waals surface area (Å²) in [6.07, 6.45) is 0. The topological polar surface area (TPSA) is 13.1 Å². The first kappa shape index (κ1) is 6.98. The largest absolute Gasteiger partial charge is 0.450 e. The number of para-hydroxylation sites is 1. The molecule has 0 spiro atoms. The van der Waals surface area contributed by atoms with Crippen LogP contribution in [0.25, 0.3) is 11.0 Å². The first-order valence-corrected chi connectivity index (χ1v) is 4.01. The Balaban J connectivity index is 2.92. The molecule has 2 aromatic rings. The SMILES string of the molecule is [B]c1c(Br)oc2ccccc12. The number of fused-ring (bicyclic) bond motifs is 1. The summed E-state index contributed by atoms with van der Waals surface area (Å²) in [4.78, 5) is 0. The Hall–Kier alpha value is -0.695. The minimum absolute atomic E-state index is 0.610. The first-order valence-electron chi connectivity index (χ1n) is 3.21. The molecule has 2 radical (unpaired) electrons. The van der Waals surface area contributed by atoms with Gasteiger partial charge in [-0.05, 0) is 27.5 Å². The molecule has 0 saturated heterocycles. The number of halogens is 1. The van der Waals surface area contributed by atoms with Gasteiger partial charge in [0.25, 0.3) is 0 Å². The van der Waals surface area contributed by atoms with Crippen LogP contribution in [0.15, 0.2) is 33.4 Å². The lowest BCUT2D eigenvalue weighted by atomic mass is 9.96. The van der Waals surface area contributed by atoms with Gasteiger partial charge in [-0.25, -0.2) is 0 Å². The van der Waals surface area contributed by atoms with E-state index in [2.05, 4.69) is 15.9 Å². The molecule has 0 bridgehead atoms. The fraction of sp³-hybridized carbons (Fsp3) is 0. The molecule has 1 aromatic carbocycles. The fourth-order valence-electron chi connectivity index (χ4n) is 1.04. The Kier molecular flexibility index (Phi) is 1.53. The van der Waals surface area contributed by atoms with Gasteiger partial charge in [0.05, 0.1) is 0 Å². The molecule has 0 aliphatic carbocycles.